The fraction of sp³-hybridized carbons (Fsp3) is 0.476. The number of rotatable bonds is 5. The van der Waals surface area contributed by atoms with E-state index in [2.05, 4.69) is 29.3 Å². The number of likely N-dealkylation sites (tertiary alicyclic amines) is 1. The molecular weight excluding hydrogens is 352 g/mol. The molecule has 0 spiro atoms. The van der Waals surface area contributed by atoms with Crippen LogP contribution < -0.4 is 5.32 Å². The van der Waals surface area contributed by atoms with Crippen LogP contribution in [0.15, 0.2) is 30.6 Å². The smallest absolute Gasteiger partial charge is 0.238 e. The zero-order chi connectivity index (χ0) is 19.7. The van der Waals surface area contributed by atoms with Crippen molar-refractivity contribution in [2.45, 2.75) is 33.2 Å². The second-order valence-corrected chi connectivity index (χ2v) is 7.84. The van der Waals surface area contributed by atoms with Crippen LogP contribution in [-0.2, 0) is 18.4 Å². The Bertz CT molecular complexity index is 988. The van der Waals surface area contributed by atoms with Crippen molar-refractivity contribution in [3.05, 3.63) is 42.2 Å². The number of anilines is 1. The molecule has 1 aliphatic rings. The Balaban J connectivity index is 1.34. The molecule has 1 fully saturated rings. The van der Waals surface area contributed by atoms with Gasteiger partial charge in [-0.25, -0.2) is 9.97 Å². The maximum Gasteiger partial charge on any atom is 0.238 e. The van der Waals surface area contributed by atoms with Gasteiger partial charge in [0.15, 0.2) is 0 Å². The molecule has 1 atom stereocenters. The number of hydrogen-bond donors (Lipinski definition) is 1. The number of fused-ring (bicyclic) bond motifs is 1. The van der Waals surface area contributed by atoms with E-state index in [1.54, 1.807) is 0 Å². The number of imidazole rings is 2. The molecule has 28 heavy (non-hydrogen) atoms. The van der Waals surface area contributed by atoms with Crippen LogP contribution in [-0.4, -0.2) is 49.5 Å². The van der Waals surface area contributed by atoms with Crippen LogP contribution in [0.25, 0.3) is 11.0 Å². The minimum atomic E-state index is 0.0338. The third-order valence-corrected chi connectivity index (χ3v) is 5.74. The monoisotopic (exact) mass is 380 g/mol. The Morgan fingerprint density at radius 2 is 2.14 bits per heavy atom. The summed E-state index contributed by atoms with van der Waals surface area (Å²) in [7, 11) is 2.00. The molecule has 7 nitrogen and oxygen atoms in total. The molecule has 1 saturated heterocycles. The molecule has 148 valence electrons. The Hall–Kier alpha value is -2.67. The Morgan fingerprint density at radius 1 is 1.29 bits per heavy atom. The van der Waals surface area contributed by atoms with Gasteiger partial charge in [-0.1, -0.05) is 0 Å². The van der Waals surface area contributed by atoms with Gasteiger partial charge >= 0.3 is 0 Å². The van der Waals surface area contributed by atoms with E-state index in [-0.39, 0.29) is 5.91 Å². The molecule has 0 saturated carbocycles. The van der Waals surface area contributed by atoms with Crippen molar-refractivity contribution in [3.63, 3.8) is 0 Å². The number of benzene rings is 1. The van der Waals surface area contributed by atoms with Crippen LogP contribution in [0.1, 0.15) is 24.5 Å². The van der Waals surface area contributed by atoms with Gasteiger partial charge in [-0.15, -0.1) is 0 Å². The number of nitrogens with one attached hydrogen (secondary N) is 1. The van der Waals surface area contributed by atoms with Crippen molar-refractivity contribution in [3.8, 4) is 0 Å². The molecule has 0 radical (unpaired) electrons. The molecule has 0 aliphatic carbocycles. The molecule has 1 amide bonds. The zero-order valence-electron chi connectivity index (χ0n) is 16.9. The summed E-state index contributed by atoms with van der Waals surface area (Å²) < 4.78 is 4.26. The van der Waals surface area contributed by atoms with Crippen molar-refractivity contribution in [2.24, 2.45) is 13.0 Å². The van der Waals surface area contributed by atoms with Gasteiger partial charge in [-0.05, 0) is 57.4 Å². The lowest BCUT2D eigenvalue weighted by molar-refractivity contribution is -0.117. The molecular formula is C21H28N6O. The van der Waals surface area contributed by atoms with Gasteiger partial charge in [0.25, 0.3) is 0 Å². The predicted molar refractivity (Wildman–Crippen MR) is 110 cm³/mol. The molecule has 7 heteroatoms. The lowest BCUT2D eigenvalue weighted by Gasteiger charge is -2.32. The molecule has 4 rings (SSSR count). The highest BCUT2D eigenvalue weighted by molar-refractivity contribution is 5.94. The highest BCUT2D eigenvalue weighted by atomic mass is 16.2. The Kier molecular flexibility index (Phi) is 5.17. The number of aryl methyl sites for hydroxylation is 3. The highest BCUT2D eigenvalue weighted by Gasteiger charge is 2.22. The summed E-state index contributed by atoms with van der Waals surface area (Å²) in [6, 6.07) is 5.90. The summed E-state index contributed by atoms with van der Waals surface area (Å²) in [6.07, 6.45) is 6.22. The summed E-state index contributed by atoms with van der Waals surface area (Å²) in [6.45, 7) is 7.34. The number of aromatic nitrogens is 4. The first-order valence-electron chi connectivity index (χ1n) is 9.92. The molecule has 3 aromatic rings. The zero-order valence-corrected chi connectivity index (χ0v) is 16.9. The summed E-state index contributed by atoms with van der Waals surface area (Å²) in [5.74, 6) is 2.61. The van der Waals surface area contributed by atoms with E-state index >= 15 is 0 Å². The topological polar surface area (TPSA) is 68.0 Å². The normalized spacial score (nSPS) is 17.9. The number of carbonyl (C=O) groups excluding carboxylic acids is 1. The third-order valence-electron chi connectivity index (χ3n) is 5.74. The van der Waals surface area contributed by atoms with E-state index in [9.17, 15) is 4.79 Å². The number of hydrogen-bond acceptors (Lipinski definition) is 4. The molecule has 1 aliphatic heterocycles. The van der Waals surface area contributed by atoms with Crippen LogP contribution in [0.3, 0.4) is 0 Å². The van der Waals surface area contributed by atoms with E-state index in [0.29, 0.717) is 12.5 Å². The Morgan fingerprint density at radius 3 is 2.93 bits per heavy atom. The van der Waals surface area contributed by atoms with E-state index in [0.717, 1.165) is 54.4 Å². The molecule has 2 aromatic heterocycles. The third kappa shape index (κ3) is 3.94. The van der Waals surface area contributed by atoms with Crippen molar-refractivity contribution in [1.29, 1.82) is 0 Å². The summed E-state index contributed by atoms with van der Waals surface area (Å²) in [4.78, 5) is 23.7. The van der Waals surface area contributed by atoms with Crippen molar-refractivity contribution in [2.75, 3.05) is 25.0 Å². The number of piperidine rings is 1. The standard InChI is InChI=1S/C21H28N6O/c1-15-22-8-10-27(15)13-17-5-4-9-26(12-17)14-21(28)24-18-6-7-20-19(11-18)23-16(2)25(20)3/h6-8,10-11,17H,4-5,9,12-14H2,1-3H3,(H,24,28). The van der Waals surface area contributed by atoms with Crippen LogP contribution in [0.2, 0.25) is 0 Å². The lowest BCUT2D eigenvalue weighted by atomic mass is 9.98. The molecule has 1 aromatic carbocycles. The van der Waals surface area contributed by atoms with E-state index in [4.69, 9.17) is 0 Å². The van der Waals surface area contributed by atoms with Crippen molar-refractivity contribution >= 4 is 22.6 Å². The van der Waals surface area contributed by atoms with Gasteiger partial charge < -0.3 is 14.5 Å². The van der Waals surface area contributed by atoms with Gasteiger partial charge in [0, 0.05) is 38.2 Å². The Labute approximate surface area is 165 Å². The average Bonchev–Trinajstić information content (AvgIpc) is 3.18. The van der Waals surface area contributed by atoms with Crippen molar-refractivity contribution < 1.29 is 4.79 Å². The molecule has 1 unspecified atom stereocenters. The highest BCUT2D eigenvalue weighted by Crippen LogP contribution is 2.21. The van der Waals surface area contributed by atoms with Crippen LogP contribution in [0, 0.1) is 19.8 Å². The van der Waals surface area contributed by atoms with Gasteiger partial charge in [-0.3, -0.25) is 9.69 Å². The van der Waals surface area contributed by atoms with E-state index in [1.165, 1.54) is 6.42 Å². The maximum atomic E-state index is 12.6. The van der Waals surface area contributed by atoms with Gasteiger partial charge in [0.1, 0.15) is 11.6 Å². The largest absolute Gasteiger partial charge is 0.335 e. The van der Waals surface area contributed by atoms with Gasteiger partial charge in [0.05, 0.1) is 17.6 Å². The minimum absolute atomic E-state index is 0.0338. The first kappa shape index (κ1) is 18.7. The SMILES string of the molecule is Cc1nccn1CC1CCCN(CC(=O)Nc2ccc3c(c2)nc(C)n3C)C1. The van der Waals surface area contributed by atoms with E-state index < -0.39 is 0 Å². The second-order valence-electron chi connectivity index (χ2n) is 7.84. The fourth-order valence-corrected chi connectivity index (χ4v) is 4.12. The first-order valence-corrected chi connectivity index (χ1v) is 9.92. The van der Waals surface area contributed by atoms with Crippen LogP contribution in [0.5, 0.6) is 0 Å². The van der Waals surface area contributed by atoms with Gasteiger partial charge in [0.2, 0.25) is 5.91 Å². The van der Waals surface area contributed by atoms with Crippen molar-refractivity contribution in [1.82, 2.24) is 24.0 Å². The predicted octanol–water partition coefficient (Wildman–Crippen LogP) is 2.74. The van der Waals surface area contributed by atoms with Crippen LogP contribution >= 0.6 is 0 Å². The fourth-order valence-electron chi connectivity index (χ4n) is 4.12. The maximum absolute atomic E-state index is 12.6. The molecule has 0 bridgehead atoms. The number of carbonyl (C=O) groups is 1. The minimum Gasteiger partial charge on any atom is -0.335 e. The quantitative estimate of drug-likeness (QED) is 0.739. The first-order chi connectivity index (χ1) is 13.5. The summed E-state index contributed by atoms with van der Waals surface area (Å²) in [5, 5.41) is 3.03. The summed E-state index contributed by atoms with van der Waals surface area (Å²) >= 11 is 0. The number of amides is 1. The van der Waals surface area contributed by atoms with E-state index in [1.807, 2.05) is 51.5 Å². The second kappa shape index (κ2) is 7.75. The lowest BCUT2D eigenvalue weighted by Crippen LogP contribution is -2.41. The average molecular weight is 380 g/mol. The summed E-state index contributed by atoms with van der Waals surface area (Å²) in [5.41, 5.74) is 2.79. The van der Waals surface area contributed by atoms with Gasteiger partial charge in [-0.2, -0.15) is 0 Å². The van der Waals surface area contributed by atoms with Crippen LogP contribution in [0.4, 0.5) is 5.69 Å². The number of nitrogens with zero attached hydrogens (tertiary/aromatic N) is 5. The molecule has 1 N–H and O–H groups in total. The molecule has 3 heterocycles.